The topological polar surface area (TPSA) is 24.9 Å². The molecule has 1 unspecified atom stereocenters. The molecule has 1 aromatic heterocycles. The normalized spacial score (nSPS) is 13.1. The summed E-state index contributed by atoms with van der Waals surface area (Å²) < 4.78 is 0. The second kappa shape index (κ2) is 5.96. The SMILES string of the molecule is CCCNC(c1cncc2ccccc12)C(C)C. The van der Waals surface area contributed by atoms with E-state index in [0.29, 0.717) is 12.0 Å². The molecule has 18 heavy (non-hydrogen) atoms. The summed E-state index contributed by atoms with van der Waals surface area (Å²) in [4.78, 5) is 4.38. The molecule has 0 aliphatic rings. The van der Waals surface area contributed by atoms with Gasteiger partial charge >= 0.3 is 0 Å². The number of rotatable bonds is 5. The van der Waals surface area contributed by atoms with Crippen LogP contribution in [-0.2, 0) is 0 Å². The molecule has 0 radical (unpaired) electrons. The van der Waals surface area contributed by atoms with Crippen molar-refractivity contribution in [3.8, 4) is 0 Å². The first-order valence-electron chi connectivity index (χ1n) is 6.80. The Morgan fingerprint density at radius 3 is 2.67 bits per heavy atom. The van der Waals surface area contributed by atoms with Crippen molar-refractivity contribution in [2.75, 3.05) is 6.54 Å². The van der Waals surface area contributed by atoms with Crippen LogP contribution in [0.1, 0.15) is 38.8 Å². The Hall–Kier alpha value is -1.41. The van der Waals surface area contributed by atoms with Gasteiger partial charge in [-0.25, -0.2) is 0 Å². The van der Waals surface area contributed by atoms with Gasteiger partial charge in [0, 0.05) is 23.8 Å². The van der Waals surface area contributed by atoms with Crippen molar-refractivity contribution >= 4 is 10.8 Å². The molecule has 96 valence electrons. The van der Waals surface area contributed by atoms with E-state index < -0.39 is 0 Å². The number of nitrogens with zero attached hydrogens (tertiary/aromatic N) is 1. The average molecular weight is 242 g/mol. The third-order valence-electron chi connectivity index (χ3n) is 3.32. The van der Waals surface area contributed by atoms with E-state index in [1.165, 1.54) is 16.3 Å². The maximum atomic E-state index is 4.38. The van der Waals surface area contributed by atoms with Crippen LogP contribution in [0.2, 0.25) is 0 Å². The van der Waals surface area contributed by atoms with Crippen LogP contribution in [-0.4, -0.2) is 11.5 Å². The van der Waals surface area contributed by atoms with Gasteiger partial charge in [0.1, 0.15) is 0 Å². The Morgan fingerprint density at radius 1 is 1.17 bits per heavy atom. The Labute approximate surface area is 109 Å². The van der Waals surface area contributed by atoms with E-state index >= 15 is 0 Å². The zero-order chi connectivity index (χ0) is 13.0. The lowest BCUT2D eigenvalue weighted by molar-refractivity contribution is 0.414. The highest BCUT2D eigenvalue weighted by atomic mass is 14.9. The zero-order valence-electron chi connectivity index (χ0n) is 11.5. The van der Waals surface area contributed by atoms with Crippen molar-refractivity contribution in [2.45, 2.75) is 33.2 Å². The van der Waals surface area contributed by atoms with Crippen molar-refractivity contribution in [1.82, 2.24) is 10.3 Å². The quantitative estimate of drug-likeness (QED) is 0.859. The number of hydrogen-bond acceptors (Lipinski definition) is 2. The van der Waals surface area contributed by atoms with Gasteiger partial charge in [0.25, 0.3) is 0 Å². The molecule has 2 aromatic rings. The number of pyridine rings is 1. The maximum absolute atomic E-state index is 4.38. The number of fused-ring (bicyclic) bond motifs is 1. The van der Waals surface area contributed by atoms with Crippen molar-refractivity contribution in [1.29, 1.82) is 0 Å². The number of hydrogen-bond donors (Lipinski definition) is 1. The van der Waals surface area contributed by atoms with Crippen molar-refractivity contribution in [3.05, 3.63) is 42.2 Å². The van der Waals surface area contributed by atoms with Gasteiger partial charge in [0.05, 0.1) is 0 Å². The fourth-order valence-corrected chi connectivity index (χ4v) is 2.39. The molecule has 2 rings (SSSR count). The minimum Gasteiger partial charge on any atom is -0.310 e. The predicted octanol–water partition coefficient (Wildman–Crippen LogP) is 3.93. The van der Waals surface area contributed by atoms with E-state index in [9.17, 15) is 0 Å². The molecule has 0 aliphatic carbocycles. The third-order valence-corrected chi connectivity index (χ3v) is 3.32. The molecule has 1 aromatic carbocycles. The van der Waals surface area contributed by atoms with E-state index in [1.807, 2.05) is 12.4 Å². The summed E-state index contributed by atoms with van der Waals surface area (Å²) in [5.41, 5.74) is 1.32. The molecule has 0 saturated carbocycles. The van der Waals surface area contributed by atoms with Crippen LogP contribution in [0.3, 0.4) is 0 Å². The molecule has 0 bridgehead atoms. The molecule has 0 saturated heterocycles. The van der Waals surface area contributed by atoms with E-state index in [1.54, 1.807) is 0 Å². The molecule has 1 atom stereocenters. The van der Waals surface area contributed by atoms with E-state index in [-0.39, 0.29) is 0 Å². The van der Waals surface area contributed by atoms with Gasteiger partial charge in [-0.1, -0.05) is 45.0 Å². The first-order valence-corrected chi connectivity index (χ1v) is 6.80. The lowest BCUT2D eigenvalue weighted by Crippen LogP contribution is -2.26. The van der Waals surface area contributed by atoms with Crippen molar-refractivity contribution in [3.63, 3.8) is 0 Å². The second-order valence-corrected chi connectivity index (χ2v) is 5.13. The lowest BCUT2D eigenvalue weighted by atomic mass is 9.93. The van der Waals surface area contributed by atoms with Crippen molar-refractivity contribution < 1.29 is 0 Å². The standard InChI is InChI=1S/C16H22N2/c1-4-9-18-16(12(2)3)15-11-17-10-13-7-5-6-8-14(13)15/h5-8,10-12,16,18H,4,9H2,1-3H3. The summed E-state index contributed by atoms with van der Waals surface area (Å²) in [7, 11) is 0. The lowest BCUT2D eigenvalue weighted by Gasteiger charge is -2.23. The summed E-state index contributed by atoms with van der Waals surface area (Å²) in [6.45, 7) is 7.77. The number of nitrogens with one attached hydrogen (secondary N) is 1. The van der Waals surface area contributed by atoms with Gasteiger partial charge in [-0.2, -0.15) is 0 Å². The molecule has 1 heterocycles. The molecule has 1 N–H and O–H groups in total. The smallest absolute Gasteiger partial charge is 0.0364 e. The van der Waals surface area contributed by atoms with E-state index in [4.69, 9.17) is 0 Å². The summed E-state index contributed by atoms with van der Waals surface area (Å²) in [6.07, 6.45) is 5.10. The zero-order valence-corrected chi connectivity index (χ0v) is 11.5. The minimum absolute atomic E-state index is 0.378. The molecule has 0 fully saturated rings. The van der Waals surface area contributed by atoms with Crippen LogP contribution in [0.4, 0.5) is 0 Å². The number of aromatic nitrogens is 1. The van der Waals surface area contributed by atoms with Gasteiger partial charge in [0.15, 0.2) is 0 Å². The summed E-state index contributed by atoms with van der Waals surface area (Å²) in [5, 5.41) is 6.17. The summed E-state index contributed by atoms with van der Waals surface area (Å²) >= 11 is 0. The number of benzene rings is 1. The van der Waals surface area contributed by atoms with Crippen LogP contribution in [0.5, 0.6) is 0 Å². The summed E-state index contributed by atoms with van der Waals surface area (Å²) in [6, 6.07) is 8.86. The molecule has 2 heteroatoms. The van der Waals surface area contributed by atoms with Crippen LogP contribution in [0.25, 0.3) is 10.8 Å². The first kappa shape index (κ1) is 13.0. The summed E-state index contributed by atoms with van der Waals surface area (Å²) in [5.74, 6) is 0.559. The largest absolute Gasteiger partial charge is 0.310 e. The molecule has 0 amide bonds. The second-order valence-electron chi connectivity index (χ2n) is 5.13. The Morgan fingerprint density at radius 2 is 1.94 bits per heavy atom. The van der Waals surface area contributed by atoms with E-state index in [2.05, 4.69) is 55.3 Å². The Bertz CT molecular complexity index is 500. The van der Waals surface area contributed by atoms with Crippen LogP contribution < -0.4 is 5.32 Å². The Balaban J connectivity index is 2.43. The Kier molecular flexibility index (Phi) is 4.32. The van der Waals surface area contributed by atoms with Gasteiger partial charge in [0.2, 0.25) is 0 Å². The van der Waals surface area contributed by atoms with Gasteiger partial charge in [-0.3, -0.25) is 4.98 Å². The van der Waals surface area contributed by atoms with Gasteiger partial charge in [-0.15, -0.1) is 0 Å². The molecule has 0 spiro atoms. The fourth-order valence-electron chi connectivity index (χ4n) is 2.39. The maximum Gasteiger partial charge on any atom is 0.0364 e. The van der Waals surface area contributed by atoms with E-state index in [0.717, 1.165) is 13.0 Å². The molecular weight excluding hydrogens is 220 g/mol. The molecule has 2 nitrogen and oxygen atoms in total. The minimum atomic E-state index is 0.378. The average Bonchev–Trinajstić information content (AvgIpc) is 2.39. The third kappa shape index (κ3) is 2.70. The molecular formula is C16H22N2. The monoisotopic (exact) mass is 242 g/mol. The van der Waals surface area contributed by atoms with Crippen molar-refractivity contribution in [2.24, 2.45) is 5.92 Å². The van der Waals surface area contributed by atoms with Gasteiger partial charge < -0.3 is 5.32 Å². The first-order chi connectivity index (χ1) is 8.74. The highest BCUT2D eigenvalue weighted by Gasteiger charge is 2.17. The van der Waals surface area contributed by atoms with Gasteiger partial charge in [-0.05, 0) is 29.8 Å². The highest BCUT2D eigenvalue weighted by molar-refractivity contribution is 5.85. The van der Waals surface area contributed by atoms with Crippen LogP contribution in [0, 0.1) is 5.92 Å². The molecule has 0 aliphatic heterocycles. The predicted molar refractivity (Wildman–Crippen MR) is 77.6 cm³/mol. The van der Waals surface area contributed by atoms with Crippen LogP contribution >= 0.6 is 0 Å². The van der Waals surface area contributed by atoms with Crippen LogP contribution in [0.15, 0.2) is 36.7 Å². The fraction of sp³-hybridized carbons (Fsp3) is 0.438. The highest BCUT2D eigenvalue weighted by Crippen LogP contribution is 2.27.